The van der Waals surface area contributed by atoms with Gasteiger partial charge in [0.2, 0.25) is 0 Å². The summed E-state index contributed by atoms with van der Waals surface area (Å²) in [5, 5.41) is 0. The molecule has 0 aromatic heterocycles. The van der Waals surface area contributed by atoms with E-state index in [4.69, 9.17) is 0 Å². The van der Waals surface area contributed by atoms with Gasteiger partial charge in [-0.2, -0.15) is 0 Å². The van der Waals surface area contributed by atoms with Gasteiger partial charge in [0, 0.05) is 0 Å². The molecule has 3 aromatic rings. The minimum atomic E-state index is -2.54. The van der Waals surface area contributed by atoms with Crippen molar-refractivity contribution < 1.29 is 46.1 Å². The van der Waals surface area contributed by atoms with Gasteiger partial charge in [0.05, 0.1) is 0 Å². The molecule has 0 radical (unpaired) electrons. The summed E-state index contributed by atoms with van der Waals surface area (Å²) in [5.74, 6) is 0.517. The fourth-order valence-corrected chi connectivity index (χ4v) is 16.2. The number of allylic oxidation sites excluding steroid dienone is 4. The molecular weight excluding hydrogens is 619 g/mol. The van der Waals surface area contributed by atoms with Gasteiger partial charge in [-0.15, -0.1) is 0 Å². The van der Waals surface area contributed by atoms with Gasteiger partial charge < -0.3 is 24.8 Å². The van der Waals surface area contributed by atoms with Crippen molar-refractivity contribution >= 4 is 3.21 Å². The van der Waals surface area contributed by atoms with E-state index in [0.29, 0.717) is 9.54 Å². The maximum Gasteiger partial charge on any atom is -1.00 e. The molecule has 0 fully saturated rings. The van der Waals surface area contributed by atoms with Crippen molar-refractivity contribution in [1.29, 1.82) is 0 Å². The molecule has 1 atom stereocenters. The first-order valence-corrected chi connectivity index (χ1v) is 18.5. The van der Waals surface area contributed by atoms with Crippen LogP contribution in [0.15, 0.2) is 81.2 Å². The molecule has 0 heterocycles. The summed E-state index contributed by atoms with van der Waals surface area (Å²) < 4.78 is 3.95. The molecule has 0 saturated carbocycles. The van der Waals surface area contributed by atoms with E-state index >= 15 is 0 Å². The summed E-state index contributed by atoms with van der Waals surface area (Å²) in [6.07, 6.45) is 2.53. The van der Waals surface area contributed by atoms with E-state index in [-0.39, 0.29) is 35.6 Å². The SMILES string of the molecule is CC1=CC(C)[C](/[Zr+2](=[C](/C)c2ccc(C)cc2)[CH]2c3cc(C(C)(C)C)ccc3-c3ccc(C(C)(C)C)cc32)=C1C.[Cl-].[Cl-]. The second-order valence-corrected chi connectivity index (χ2v) is 20.7. The van der Waals surface area contributed by atoms with E-state index in [0.717, 1.165) is 0 Å². The summed E-state index contributed by atoms with van der Waals surface area (Å²) in [6, 6.07) is 24.2. The topological polar surface area (TPSA) is 0 Å². The van der Waals surface area contributed by atoms with E-state index in [1.54, 1.807) is 23.2 Å². The molecule has 0 saturated heterocycles. The monoisotopic (exact) mass is 662 g/mol. The zero-order chi connectivity index (χ0) is 28.4. The smallest absolute Gasteiger partial charge is 1.00 e. The molecule has 0 amide bonds. The molecule has 0 N–H and O–H groups in total. The molecule has 0 nitrogen and oxygen atoms in total. The van der Waals surface area contributed by atoms with Gasteiger partial charge in [-0.3, -0.25) is 0 Å². The Bertz CT molecular complexity index is 1490. The van der Waals surface area contributed by atoms with E-state index in [9.17, 15) is 0 Å². The average molecular weight is 665 g/mol. The van der Waals surface area contributed by atoms with Gasteiger partial charge >= 0.3 is 247 Å². The Labute approximate surface area is 269 Å². The van der Waals surface area contributed by atoms with Crippen molar-refractivity contribution in [2.24, 2.45) is 5.92 Å². The van der Waals surface area contributed by atoms with Crippen molar-refractivity contribution in [3.05, 3.63) is 115 Å². The van der Waals surface area contributed by atoms with Crippen LogP contribution in [0.5, 0.6) is 0 Å². The first-order valence-electron chi connectivity index (χ1n) is 14.7. The molecule has 0 spiro atoms. The zero-order valence-corrected chi connectivity index (χ0v) is 30.7. The standard InChI is InChI=1S/C21H25.C9H10.C8H11.2ClH.Zr/c1-20(2,3)16-7-9-18-14(12-16)11-15-13-17(21(4,5)6)8-10-19(15)18;1-3-9-6-4-8(2)5-7-9;1-6-4-7(2)8(3)5-6;;;/h7-13H,1-6H3;4-7H,1-2H3;4,6H,1-3H3;2*1H;/q;;;;;+2/p-2. The maximum atomic E-state index is 2.59. The number of fused-ring (bicyclic) bond motifs is 3. The summed E-state index contributed by atoms with van der Waals surface area (Å²) in [7, 11) is 0. The molecule has 2 aliphatic rings. The molecule has 41 heavy (non-hydrogen) atoms. The Balaban J connectivity index is 0.00000231. The van der Waals surface area contributed by atoms with Crippen molar-refractivity contribution in [2.75, 3.05) is 0 Å². The summed E-state index contributed by atoms with van der Waals surface area (Å²) in [5.41, 5.74) is 15.1. The van der Waals surface area contributed by atoms with Crippen LogP contribution in [-0.4, -0.2) is 3.21 Å². The minimum Gasteiger partial charge on any atom is -1.00 e. The van der Waals surface area contributed by atoms with Crippen LogP contribution < -0.4 is 24.8 Å². The van der Waals surface area contributed by atoms with Crippen LogP contribution in [0.4, 0.5) is 0 Å². The normalized spacial score (nSPS) is 16.9. The van der Waals surface area contributed by atoms with Crippen LogP contribution >= 0.6 is 0 Å². The maximum absolute atomic E-state index is 2.59. The van der Waals surface area contributed by atoms with E-state index in [1.165, 1.54) is 39.0 Å². The number of benzene rings is 3. The third-order valence-electron chi connectivity index (χ3n) is 9.17. The molecular formula is C38H46Cl2Zr. The Morgan fingerprint density at radius 3 is 1.54 bits per heavy atom. The number of aryl methyl sites for hydroxylation is 1. The van der Waals surface area contributed by atoms with Gasteiger partial charge in [-0.25, -0.2) is 0 Å². The Morgan fingerprint density at radius 2 is 1.15 bits per heavy atom. The average Bonchev–Trinajstić information content (AvgIpc) is 3.31. The van der Waals surface area contributed by atoms with Gasteiger partial charge in [0.25, 0.3) is 0 Å². The van der Waals surface area contributed by atoms with Crippen LogP contribution in [0, 0.1) is 12.8 Å². The summed E-state index contributed by atoms with van der Waals surface area (Å²) >= 11 is -2.54. The van der Waals surface area contributed by atoms with E-state index in [2.05, 4.69) is 143 Å². The van der Waals surface area contributed by atoms with Crippen LogP contribution in [-0.2, 0) is 32.1 Å². The van der Waals surface area contributed by atoms with Gasteiger partial charge in [-0.05, 0) is 0 Å². The number of hydrogen-bond acceptors (Lipinski definition) is 0. The Hall–Kier alpha value is -1.53. The number of hydrogen-bond donors (Lipinski definition) is 0. The van der Waals surface area contributed by atoms with Gasteiger partial charge in [0.1, 0.15) is 0 Å². The summed E-state index contributed by atoms with van der Waals surface area (Å²) in [6.45, 7) is 26.0. The minimum absolute atomic E-state index is 0. The number of rotatable bonds is 3. The fourth-order valence-electron chi connectivity index (χ4n) is 6.62. The van der Waals surface area contributed by atoms with Gasteiger partial charge in [0.15, 0.2) is 0 Å². The van der Waals surface area contributed by atoms with Crippen molar-refractivity contribution in [2.45, 2.75) is 90.6 Å². The van der Waals surface area contributed by atoms with E-state index in [1.807, 2.05) is 0 Å². The largest absolute Gasteiger partial charge is 1.00 e. The zero-order valence-electron chi connectivity index (χ0n) is 26.8. The predicted molar refractivity (Wildman–Crippen MR) is 168 cm³/mol. The third kappa shape index (κ3) is 6.25. The van der Waals surface area contributed by atoms with Crippen molar-refractivity contribution in [1.82, 2.24) is 0 Å². The molecule has 5 rings (SSSR count). The van der Waals surface area contributed by atoms with Gasteiger partial charge in [-0.1, -0.05) is 0 Å². The third-order valence-corrected chi connectivity index (χ3v) is 18.3. The van der Waals surface area contributed by atoms with Crippen molar-refractivity contribution in [3.8, 4) is 11.1 Å². The Morgan fingerprint density at radius 1 is 0.683 bits per heavy atom. The van der Waals surface area contributed by atoms with Crippen LogP contribution in [0.1, 0.15) is 106 Å². The number of halogens is 2. The second kappa shape index (κ2) is 12.2. The molecule has 0 aliphatic heterocycles. The molecule has 0 bridgehead atoms. The van der Waals surface area contributed by atoms with Crippen molar-refractivity contribution in [3.63, 3.8) is 0 Å². The second-order valence-electron chi connectivity index (χ2n) is 14.1. The first-order chi connectivity index (χ1) is 18.2. The molecule has 1 unspecified atom stereocenters. The van der Waals surface area contributed by atoms with Crippen LogP contribution in [0.2, 0.25) is 0 Å². The summed E-state index contributed by atoms with van der Waals surface area (Å²) in [4.78, 5) is 0. The van der Waals surface area contributed by atoms with E-state index < -0.39 is 21.3 Å². The Kier molecular flexibility index (Phi) is 10.1. The molecule has 3 aromatic carbocycles. The fraction of sp³-hybridized carbons (Fsp3) is 0.395. The van der Waals surface area contributed by atoms with Crippen LogP contribution in [0.3, 0.4) is 0 Å². The van der Waals surface area contributed by atoms with Crippen LogP contribution in [0.25, 0.3) is 11.1 Å². The quantitative estimate of drug-likeness (QED) is 0.390. The first kappa shape index (κ1) is 34.0. The molecule has 3 heteroatoms. The molecule has 2 aliphatic carbocycles. The predicted octanol–water partition coefficient (Wildman–Crippen LogP) is 4.40. The molecule has 216 valence electrons.